The third-order valence-corrected chi connectivity index (χ3v) is 1.79. The van der Waals surface area contributed by atoms with Crippen LogP contribution in [0.3, 0.4) is 0 Å². The normalized spacial score (nSPS) is 11.1. The summed E-state index contributed by atoms with van der Waals surface area (Å²) in [6, 6.07) is 5.08. The molecule has 0 fully saturated rings. The zero-order valence-electron chi connectivity index (χ0n) is 9.08. The average Bonchev–Trinajstić information content (AvgIpc) is 2.19. The minimum Gasteiger partial charge on any atom is -0.434 e. The number of hydrogen-bond donors (Lipinski definition) is 0. The predicted octanol–water partition coefficient (Wildman–Crippen LogP) is 3.33. The second-order valence-corrected chi connectivity index (χ2v) is 3.22. The summed E-state index contributed by atoms with van der Waals surface area (Å²) in [5, 5.41) is 0. The first kappa shape index (κ1) is 13.3. The Balaban J connectivity index is 2.59. The van der Waals surface area contributed by atoms with Gasteiger partial charge in [-0.3, -0.25) is 0 Å². The third kappa shape index (κ3) is 5.24. The van der Waals surface area contributed by atoms with Crippen LogP contribution >= 0.6 is 0 Å². The molecule has 0 aliphatic rings. The molecule has 0 spiro atoms. The van der Waals surface area contributed by atoms with Crippen LogP contribution in [-0.4, -0.2) is 18.9 Å². The predicted molar refractivity (Wildman–Crippen MR) is 53.9 cm³/mol. The fraction of sp³-hybridized carbons (Fsp3) is 0.364. The molecule has 0 heterocycles. The Kier molecular flexibility index (Phi) is 4.37. The molecule has 6 heteroatoms. The van der Waals surface area contributed by atoms with Crippen molar-refractivity contribution >= 4 is 6.16 Å². The quantitative estimate of drug-likeness (QED) is 0.608. The summed E-state index contributed by atoms with van der Waals surface area (Å²) in [7, 11) is 0. The zero-order chi connectivity index (χ0) is 12.9. The summed E-state index contributed by atoms with van der Waals surface area (Å²) in [5.41, 5.74) is 0.105. The Bertz CT molecular complexity index is 371. The Labute approximate surface area is 96.1 Å². The van der Waals surface area contributed by atoms with E-state index in [1.807, 2.05) is 0 Å². The van der Waals surface area contributed by atoms with Crippen molar-refractivity contribution in [3.63, 3.8) is 0 Å². The van der Waals surface area contributed by atoms with Crippen molar-refractivity contribution in [2.24, 2.45) is 0 Å². The van der Waals surface area contributed by atoms with Crippen LogP contribution in [0.1, 0.15) is 12.5 Å². The van der Waals surface area contributed by atoms with E-state index in [1.165, 1.54) is 24.3 Å². The Morgan fingerprint density at radius 3 is 2.29 bits per heavy atom. The molecule has 0 saturated carbocycles. The van der Waals surface area contributed by atoms with Crippen molar-refractivity contribution in [3.05, 3.63) is 29.8 Å². The molecule has 0 amide bonds. The fourth-order valence-electron chi connectivity index (χ4n) is 1.15. The number of alkyl halides is 3. The number of halogens is 3. The monoisotopic (exact) mass is 248 g/mol. The van der Waals surface area contributed by atoms with Gasteiger partial charge in [-0.15, -0.1) is 0 Å². The number of rotatable bonds is 3. The summed E-state index contributed by atoms with van der Waals surface area (Å²) < 4.78 is 45.4. The van der Waals surface area contributed by atoms with Gasteiger partial charge in [0.05, 0.1) is 13.0 Å². The lowest BCUT2D eigenvalue weighted by atomic mass is 10.1. The van der Waals surface area contributed by atoms with Crippen molar-refractivity contribution in [1.29, 1.82) is 0 Å². The topological polar surface area (TPSA) is 35.5 Å². The molecule has 0 aliphatic heterocycles. The lowest BCUT2D eigenvalue weighted by Gasteiger charge is -2.07. The van der Waals surface area contributed by atoms with Crippen LogP contribution in [0.15, 0.2) is 24.3 Å². The molecule has 0 unspecified atom stereocenters. The number of carbonyl (C=O) groups excluding carboxylic acids is 1. The number of carbonyl (C=O) groups is 1. The van der Waals surface area contributed by atoms with Gasteiger partial charge in [0.25, 0.3) is 0 Å². The Morgan fingerprint density at radius 1 is 1.24 bits per heavy atom. The summed E-state index contributed by atoms with van der Waals surface area (Å²) in [4.78, 5) is 10.9. The van der Waals surface area contributed by atoms with E-state index in [9.17, 15) is 18.0 Å². The average molecular weight is 248 g/mol. The van der Waals surface area contributed by atoms with Gasteiger partial charge < -0.3 is 9.47 Å². The van der Waals surface area contributed by atoms with E-state index in [2.05, 4.69) is 4.74 Å². The first-order valence-electron chi connectivity index (χ1n) is 4.91. The third-order valence-electron chi connectivity index (χ3n) is 1.79. The SMILES string of the molecule is CCOC(=O)Oc1ccc(CC(F)(F)F)cc1. The molecule has 1 aromatic rings. The fourth-order valence-corrected chi connectivity index (χ4v) is 1.15. The molecule has 17 heavy (non-hydrogen) atoms. The van der Waals surface area contributed by atoms with Crippen LogP contribution in [-0.2, 0) is 11.2 Å². The molecule has 1 rings (SSSR count). The van der Waals surface area contributed by atoms with Crippen LogP contribution in [0.2, 0.25) is 0 Å². The van der Waals surface area contributed by atoms with Gasteiger partial charge >= 0.3 is 12.3 Å². The van der Waals surface area contributed by atoms with E-state index in [-0.39, 0.29) is 17.9 Å². The summed E-state index contributed by atoms with van der Waals surface area (Å²) in [6.45, 7) is 1.79. The molecule has 0 N–H and O–H groups in total. The van der Waals surface area contributed by atoms with Crippen LogP contribution in [0.5, 0.6) is 5.75 Å². The van der Waals surface area contributed by atoms with E-state index >= 15 is 0 Å². The highest BCUT2D eigenvalue weighted by Gasteiger charge is 2.27. The molecule has 0 aromatic heterocycles. The van der Waals surface area contributed by atoms with E-state index in [1.54, 1.807) is 6.92 Å². The molecule has 0 aliphatic carbocycles. The van der Waals surface area contributed by atoms with Crippen molar-refractivity contribution in [1.82, 2.24) is 0 Å². The first-order chi connectivity index (χ1) is 7.90. The number of benzene rings is 1. The van der Waals surface area contributed by atoms with E-state index < -0.39 is 18.8 Å². The first-order valence-corrected chi connectivity index (χ1v) is 4.91. The maximum absolute atomic E-state index is 12.0. The van der Waals surface area contributed by atoms with E-state index in [0.29, 0.717) is 0 Å². The highest BCUT2D eigenvalue weighted by Crippen LogP contribution is 2.22. The van der Waals surface area contributed by atoms with Gasteiger partial charge in [0.15, 0.2) is 0 Å². The lowest BCUT2D eigenvalue weighted by molar-refractivity contribution is -0.127. The summed E-state index contributed by atoms with van der Waals surface area (Å²) in [6.07, 6.45) is -6.13. The minimum atomic E-state index is -4.25. The molecule has 0 saturated heterocycles. The molecular formula is C11H11F3O3. The number of ether oxygens (including phenoxy) is 2. The number of hydrogen-bond acceptors (Lipinski definition) is 3. The van der Waals surface area contributed by atoms with Crippen LogP contribution < -0.4 is 4.74 Å². The van der Waals surface area contributed by atoms with Crippen LogP contribution in [0.4, 0.5) is 18.0 Å². The molecule has 94 valence electrons. The van der Waals surface area contributed by atoms with Crippen molar-refractivity contribution in [3.8, 4) is 5.75 Å². The van der Waals surface area contributed by atoms with E-state index in [0.717, 1.165) is 0 Å². The Morgan fingerprint density at radius 2 is 1.82 bits per heavy atom. The van der Waals surface area contributed by atoms with Gasteiger partial charge in [0.1, 0.15) is 5.75 Å². The smallest absolute Gasteiger partial charge is 0.434 e. The van der Waals surface area contributed by atoms with Crippen molar-refractivity contribution in [2.45, 2.75) is 19.5 Å². The highest BCUT2D eigenvalue weighted by molar-refractivity contribution is 5.63. The molecular weight excluding hydrogens is 237 g/mol. The van der Waals surface area contributed by atoms with Crippen molar-refractivity contribution < 1.29 is 27.4 Å². The van der Waals surface area contributed by atoms with Gasteiger partial charge in [-0.2, -0.15) is 13.2 Å². The zero-order valence-corrected chi connectivity index (χ0v) is 9.08. The van der Waals surface area contributed by atoms with Gasteiger partial charge in [-0.1, -0.05) is 12.1 Å². The standard InChI is InChI=1S/C11H11F3O3/c1-2-16-10(15)17-9-5-3-8(4-6-9)7-11(12,13)14/h3-6H,2,7H2,1H3. The van der Waals surface area contributed by atoms with Crippen LogP contribution in [0.25, 0.3) is 0 Å². The highest BCUT2D eigenvalue weighted by atomic mass is 19.4. The maximum Gasteiger partial charge on any atom is 0.513 e. The second kappa shape index (κ2) is 5.56. The van der Waals surface area contributed by atoms with Crippen LogP contribution in [0, 0.1) is 0 Å². The summed E-state index contributed by atoms with van der Waals surface area (Å²) >= 11 is 0. The summed E-state index contributed by atoms with van der Waals surface area (Å²) in [5.74, 6) is 0.148. The van der Waals surface area contributed by atoms with Gasteiger partial charge in [-0.05, 0) is 24.6 Å². The molecule has 1 aromatic carbocycles. The van der Waals surface area contributed by atoms with Gasteiger partial charge in [-0.25, -0.2) is 4.79 Å². The van der Waals surface area contributed by atoms with Crippen molar-refractivity contribution in [2.75, 3.05) is 6.61 Å². The molecule has 0 atom stereocenters. The van der Waals surface area contributed by atoms with Gasteiger partial charge in [0, 0.05) is 0 Å². The largest absolute Gasteiger partial charge is 0.513 e. The van der Waals surface area contributed by atoms with Gasteiger partial charge in [0.2, 0.25) is 0 Å². The Hall–Kier alpha value is -1.72. The molecule has 0 radical (unpaired) electrons. The maximum atomic E-state index is 12.0. The second-order valence-electron chi connectivity index (χ2n) is 3.22. The lowest BCUT2D eigenvalue weighted by Crippen LogP contribution is -2.12. The van der Waals surface area contributed by atoms with E-state index in [4.69, 9.17) is 4.74 Å². The molecule has 0 bridgehead atoms. The minimum absolute atomic E-state index is 0.105. The molecule has 3 nitrogen and oxygen atoms in total.